The Morgan fingerprint density at radius 1 is 1.21 bits per heavy atom. The average molecular weight is 280 g/mol. The molecule has 0 bridgehead atoms. The summed E-state index contributed by atoms with van der Waals surface area (Å²) in [5.74, 6) is 0. The Morgan fingerprint density at radius 2 is 1.84 bits per heavy atom. The molecule has 1 nitrogen and oxygen atoms in total. The van der Waals surface area contributed by atoms with Crippen LogP contribution in [0.3, 0.4) is 0 Å². The van der Waals surface area contributed by atoms with Gasteiger partial charge in [-0.25, -0.2) is 0 Å². The van der Waals surface area contributed by atoms with Crippen molar-refractivity contribution in [2.45, 2.75) is 57.9 Å². The quantitative estimate of drug-likeness (QED) is 0.622. The summed E-state index contributed by atoms with van der Waals surface area (Å²) in [4.78, 5) is 0. The maximum atomic E-state index is 4.14. The van der Waals surface area contributed by atoms with E-state index in [0.717, 1.165) is 6.42 Å². The van der Waals surface area contributed by atoms with E-state index >= 15 is 0 Å². The lowest BCUT2D eigenvalue weighted by molar-refractivity contribution is -0.659. The van der Waals surface area contributed by atoms with E-state index < -0.39 is 0 Å². The molecule has 0 saturated heterocycles. The van der Waals surface area contributed by atoms with Crippen molar-refractivity contribution in [2.24, 2.45) is 0 Å². The molecule has 19 heavy (non-hydrogen) atoms. The zero-order valence-electron chi connectivity index (χ0n) is 12.2. The van der Waals surface area contributed by atoms with E-state index in [1.807, 2.05) is 0 Å². The minimum Gasteiger partial charge on any atom is -1.00 e. The van der Waals surface area contributed by atoms with Crippen LogP contribution in [0.4, 0.5) is 5.69 Å². The molecule has 0 aromatic heterocycles. The van der Waals surface area contributed by atoms with E-state index in [1.165, 1.54) is 48.9 Å². The van der Waals surface area contributed by atoms with Crippen molar-refractivity contribution in [1.29, 1.82) is 0 Å². The Morgan fingerprint density at radius 3 is 2.42 bits per heavy atom. The molecule has 2 N–H and O–H groups in total. The van der Waals surface area contributed by atoms with Crippen molar-refractivity contribution in [3.63, 3.8) is 0 Å². The third kappa shape index (κ3) is 4.36. The van der Waals surface area contributed by atoms with Crippen LogP contribution < -0.4 is 17.7 Å². The van der Waals surface area contributed by atoms with Crippen LogP contribution in [0.5, 0.6) is 0 Å². The molecule has 0 aliphatic heterocycles. The Kier molecular flexibility index (Phi) is 6.09. The molecule has 1 fully saturated rings. The molecule has 1 saturated carbocycles. The van der Waals surface area contributed by atoms with Gasteiger partial charge in [-0.15, -0.1) is 0 Å². The lowest BCUT2D eigenvalue weighted by Crippen LogP contribution is -3.00. The summed E-state index contributed by atoms with van der Waals surface area (Å²) in [6, 6.07) is 8.74. The Hall–Kier alpha value is -0.790. The van der Waals surface area contributed by atoms with Crippen LogP contribution in [0.25, 0.3) is 0 Å². The molecule has 0 unspecified atom stereocenters. The highest BCUT2D eigenvalue weighted by Crippen LogP contribution is 2.31. The van der Waals surface area contributed by atoms with Gasteiger partial charge in [0.2, 0.25) is 0 Å². The van der Waals surface area contributed by atoms with E-state index in [-0.39, 0.29) is 12.4 Å². The summed E-state index contributed by atoms with van der Waals surface area (Å²) in [6.07, 6.45) is 7.95. The van der Waals surface area contributed by atoms with E-state index in [1.54, 1.807) is 0 Å². The van der Waals surface area contributed by atoms with E-state index in [4.69, 9.17) is 0 Å². The van der Waals surface area contributed by atoms with Crippen LogP contribution in [0.15, 0.2) is 36.4 Å². The second kappa shape index (κ2) is 7.12. The first kappa shape index (κ1) is 16.3. The highest BCUT2D eigenvalue weighted by molar-refractivity contribution is 5.37. The predicted molar refractivity (Wildman–Crippen MR) is 78.0 cm³/mol. The number of halogens is 1. The summed E-state index contributed by atoms with van der Waals surface area (Å²) in [7, 11) is 0. The number of benzene rings is 1. The number of para-hydroxylation sites is 1. The number of nitrogens with two attached hydrogens (primary N) is 1. The molecule has 2 heteroatoms. The molecule has 1 aromatic rings. The topological polar surface area (TPSA) is 16.6 Å². The van der Waals surface area contributed by atoms with Gasteiger partial charge in [-0.3, -0.25) is 0 Å². The lowest BCUT2D eigenvalue weighted by Gasteiger charge is -2.35. The Labute approximate surface area is 123 Å². The fourth-order valence-corrected chi connectivity index (χ4v) is 3.31. The third-order valence-corrected chi connectivity index (χ3v) is 4.15. The van der Waals surface area contributed by atoms with Crippen molar-refractivity contribution in [3.8, 4) is 0 Å². The summed E-state index contributed by atoms with van der Waals surface area (Å²) >= 11 is 0. The summed E-state index contributed by atoms with van der Waals surface area (Å²) in [5.41, 5.74) is 4.50. The number of quaternary nitrogens is 1. The minimum atomic E-state index is 0. The Bertz CT molecular complexity index is 419. The number of hydrogen-bond donors (Lipinski definition) is 1. The molecular weight excluding hydrogens is 254 g/mol. The average Bonchev–Trinajstić information content (AvgIpc) is 2.32. The maximum absolute atomic E-state index is 4.14. The fourth-order valence-electron chi connectivity index (χ4n) is 3.31. The first-order chi connectivity index (χ1) is 8.61. The van der Waals surface area contributed by atoms with Gasteiger partial charge >= 0.3 is 0 Å². The summed E-state index contributed by atoms with van der Waals surface area (Å²) < 4.78 is 0. The fraction of sp³-hybridized carbons (Fsp3) is 0.529. The normalized spacial score (nSPS) is 17.6. The molecule has 2 rings (SSSR count). The van der Waals surface area contributed by atoms with Crippen LogP contribution >= 0.6 is 0 Å². The van der Waals surface area contributed by atoms with E-state index in [2.05, 4.69) is 50.0 Å². The second-order valence-corrected chi connectivity index (χ2v) is 6.06. The van der Waals surface area contributed by atoms with Gasteiger partial charge in [0.1, 0.15) is 11.2 Å². The largest absolute Gasteiger partial charge is 1.00 e. The monoisotopic (exact) mass is 279 g/mol. The van der Waals surface area contributed by atoms with Crippen molar-refractivity contribution < 1.29 is 17.7 Å². The molecule has 1 aromatic carbocycles. The second-order valence-electron chi connectivity index (χ2n) is 6.06. The predicted octanol–water partition coefficient (Wildman–Crippen LogP) is 0.863. The standard InChI is InChI=1S/C17H25N.ClH/c1-14(2)13-17(11-7-4-8-12-17)18-16-10-6-5-9-15(16)3;/h5-6,9-10,18H,1,4,7-8,11-13H2,2-3H3;1H. The third-order valence-electron chi connectivity index (χ3n) is 4.15. The van der Waals surface area contributed by atoms with E-state index in [0.29, 0.717) is 5.54 Å². The van der Waals surface area contributed by atoms with Gasteiger partial charge in [0, 0.05) is 24.8 Å². The minimum absolute atomic E-state index is 0. The summed E-state index contributed by atoms with van der Waals surface area (Å²) in [6.45, 7) is 8.52. The number of hydrogen-bond acceptors (Lipinski definition) is 0. The lowest BCUT2D eigenvalue weighted by atomic mass is 9.77. The van der Waals surface area contributed by atoms with Crippen LogP contribution in [-0.2, 0) is 0 Å². The molecule has 106 valence electrons. The molecular formula is C17H26ClN. The molecule has 0 spiro atoms. The molecule has 1 aliphatic rings. The Balaban J connectivity index is 0.00000180. The highest BCUT2D eigenvalue weighted by atomic mass is 35.5. The van der Waals surface area contributed by atoms with Crippen molar-refractivity contribution >= 4 is 5.69 Å². The first-order valence-electron chi connectivity index (χ1n) is 7.17. The van der Waals surface area contributed by atoms with Crippen LogP contribution in [0, 0.1) is 6.92 Å². The van der Waals surface area contributed by atoms with Crippen molar-refractivity contribution in [1.82, 2.24) is 0 Å². The van der Waals surface area contributed by atoms with E-state index in [9.17, 15) is 0 Å². The molecule has 0 heterocycles. The van der Waals surface area contributed by atoms with Gasteiger partial charge in [-0.05, 0) is 32.8 Å². The zero-order chi connectivity index (χ0) is 13.0. The van der Waals surface area contributed by atoms with Gasteiger partial charge in [-0.2, -0.15) is 0 Å². The zero-order valence-corrected chi connectivity index (χ0v) is 13.0. The van der Waals surface area contributed by atoms with Crippen LogP contribution in [0.1, 0.15) is 51.0 Å². The van der Waals surface area contributed by atoms with Crippen LogP contribution in [0.2, 0.25) is 0 Å². The molecule has 0 radical (unpaired) electrons. The molecule has 0 amide bonds. The first-order valence-corrected chi connectivity index (χ1v) is 7.17. The van der Waals surface area contributed by atoms with Gasteiger partial charge in [0.25, 0.3) is 0 Å². The number of aryl methyl sites for hydroxylation is 1. The van der Waals surface area contributed by atoms with Gasteiger partial charge in [-0.1, -0.05) is 36.8 Å². The maximum Gasteiger partial charge on any atom is 0.132 e. The smallest absolute Gasteiger partial charge is 0.132 e. The molecule has 0 atom stereocenters. The molecule has 1 aliphatic carbocycles. The van der Waals surface area contributed by atoms with Gasteiger partial charge in [0.05, 0.1) is 0 Å². The highest BCUT2D eigenvalue weighted by Gasteiger charge is 2.36. The van der Waals surface area contributed by atoms with Crippen LogP contribution in [-0.4, -0.2) is 5.54 Å². The number of rotatable bonds is 4. The van der Waals surface area contributed by atoms with Gasteiger partial charge in [0.15, 0.2) is 0 Å². The van der Waals surface area contributed by atoms with Crippen molar-refractivity contribution in [3.05, 3.63) is 42.0 Å². The summed E-state index contributed by atoms with van der Waals surface area (Å²) in [5, 5.41) is 2.54. The SMILES string of the molecule is C=C(C)CC1([NH2+]c2ccccc2C)CCCCC1.[Cl-]. The van der Waals surface area contributed by atoms with Gasteiger partial charge < -0.3 is 17.7 Å². The van der Waals surface area contributed by atoms with Crippen molar-refractivity contribution in [2.75, 3.05) is 0 Å².